The Morgan fingerprint density at radius 2 is 1.68 bits per heavy atom. The van der Waals surface area contributed by atoms with Crippen molar-refractivity contribution in [2.75, 3.05) is 36.4 Å². The minimum atomic E-state index is -3.68. The van der Waals surface area contributed by atoms with Crippen molar-refractivity contribution in [2.45, 2.75) is 24.7 Å². The fourth-order valence-corrected chi connectivity index (χ4v) is 5.27. The van der Waals surface area contributed by atoms with Crippen LogP contribution in [-0.4, -0.2) is 54.6 Å². The van der Waals surface area contributed by atoms with Crippen molar-refractivity contribution in [3.8, 4) is 5.69 Å². The van der Waals surface area contributed by atoms with Crippen molar-refractivity contribution in [1.29, 1.82) is 0 Å². The molecule has 9 nitrogen and oxygen atoms in total. The van der Waals surface area contributed by atoms with Gasteiger partial charge in [-0.15, -0.1) is 5.10 Å². The van der Waals surface area contributed by atoms with Crippen LogP contribution >= 0.6 is 0 Å². The monoisotopic (exact) mass is 481 g/mol. The van der Waals surface area contributed by atoms with Crippen LogP contribution in [0.15, 0.2) is 76.4 Å². The molecular weight excluding hydrogens is 454 g/mol. The first-order valence-electron chi connectivity index (χ1n) is 11.2. The van der Waals surface area contributed by atoms with Crippen molar-refractivity contribution in [2.24, 2.45) is 0 Å². The average molecular weight is 482 g/mol. The van der Waals surface area contributed by atoms with Crippen molar-refractivity contribution in [1.82, 2.24) is 14.1 Å². The quantitative estimate of drug-likeness (QED) is 0.580. The molecule has 0 aliphatic carbocycles. The van der Waals surface area contributed by atoms with Crippen LogP contribution in [0.2, 0.25) is 0 Å². The lowest BCUT2D eigenvalue weighted by molar-refractivity contribution is -0.115. The van der Waals surface area contributed by atoms with Gasteiger partial charge in [0.1, 0.15) is 5.82 Å². The number of nitrogens with zero attached hydrogens (tertiary/aromatic N) is 4. The molecule has 1 N–H and O–H groups in total. The molecule has 10 heteroatoms. The Morgan fingerprint density at radius 3 is 2.38 bits per heavy atom. The van der Waals surface area contributed by atoms with Crippen LogP contribution in [-0.2, 0) is 14.8 Å². The molecule has 1 aliphatic heterocycles. The van der Waals surface area contributed by atoms with E-state index in [1.54, 1.807) is 25.1 Å². The Balaban J connectivity index is 1.49. The molecule has 1 aliphatic rings. The largest absolute Gasteiger partial charge is 0.354 e. The second kappa shape index (κ2) is 10.2. The van der Waals surface area contributed by atoms with E-state index >= 15 is 0 Å². The van der Waals surface area contributed by atoms with E-state index in [0.717, 1.165) is 0 Å². The van der Waals surface area contributed by atoms with Crippen molar-refractivity contribution in [3.05, 3.63) is 77.1 Å². The molecule has 3 aromatic rings. The molecule has 2 heterocycles. The number of aromatic nitrogens is 2. The Kier molecular flexibility index (Phi) is 7.09. The highest BCUT2D eigenvalue weighted by molar-refractivity contribution is 7.89. The van der Waals surface area contributed by atoms with Crippen LogP contribution in [0.5, 0.6) is 0 Å². The number of amides is 1. The third-order valence-corrected chi connectivity index (χ3v) is 7.58. The number of rotatable bonds is 6. The van der Waals surface area contributed by atoms with Gasteiger partial charge in [-0.2, -0.15) is 8.99 Å². The predicted octanol–water partition coefficient (Wildman–Crippen LogP) is 2.48. The number of hydrogen-bond acceptors (Lipinski definition) is 6. The zero-order valence-corrected chi connectivity index (χ0v) is 19.7. The molecule has 34 heavy (non-hydrogen) atoms. The summed E-state index contributed by atoms with van der Waals surface area (Å²) in [6.45, 7) is 3.49. The summed E-state index contributed by atoms with van der Waals surface area (Å²) in [4.78, 5) is 26.1. The lowest BCUT2D eigenvalue weighted by atomic mass is 10.3. The van der Waals surface area contributed by atoms with E-state index in [-0.39, 0.29) is 16.4 Å². The molecule has 2 aromatic carbocycles. The van der Waals surface area contributed by atoms with Crippen molar-refractivity contribution in [3.63, 3.8) is 0 Å². The highest BCUT2D eigenvalue weighted by Gasteiger charge is 2.27. The maximum Gasteiger partial charge on any atom is 0.271 e. The molecule has 4 rings (SSSR count). The Labute approximate surface area is 198 Å². The first-order valence-corrected chi connectivity index (χ1v) is 12.6. The summed E-state index contributed by atoms with van der Waals surface area (Å²) in [6.07, 6.45) is 0.970. The van der Waals surface area contributed by atoms with Gasteiger partial charge in [-0.3, -0.25) is 9.59 Å². The van der Waals surface area contributed by atoms with Crippen LogP contribution in [0.1, 0.15) is 19.8 Å². The first-order chi connectivity index (χ1) is 16.4. The molecule has 0 bridgehead atoms. The molecule has 1 aromatic heterocycles. The molecule has 0 saturated carbocycles. The van der Waals surface area contributed by atoms with Gasteiger partial charge in [0.05, 0.1) is 10.6 Å². The highest BCUT2D eigenvalue weighted by atomic mass is 32.2. The second-order valence-electron chi connectivity index (χ2n) is 7.95. The van der Waals surface area contributed by atoms with Crippen LogP contribution < -0.4 is 15.8 Å². The van der Waals surface area contributed by atoms with Crippen LogP contribution in [0.3, 0.4) is 0 Å². The Morgan fingerprint density at radius 1 is 0.941 bits per heavy atom. The zero-order valence-electron chi connectivity index (χ0n) is 18.9. The summed E-state index contributed by atoms with van der Waals surface area (Å²) >= 11 is 0. The minimum absolute atomic E-state index is 0.129. The topological polar surface area (TPSA) is 105 Å². The lowest BCUT2D eigenvalue weighted by Gasteiger charge is -2.23. The molecule has 1 saturated heterocycles. The summed E-state index contributed by atoms with van der Waals surface area (Å²) in [7, 11) is -3.68. The number of hydrogen-bond donors (Lipinski definition) is 1. The maximum atomic E-state index is 13.2. The summed E-state index contributed by atoms with van der Waals surface area (Å²) in [5.41, 5.74) is 1.01. The molecule has 0 atom stereocenters. The molecule has 178 valence electrons. The molecule has 0 unspecified atom stereocenters. The SMILES string of the molecule is CCC(=O)Nc1ccc(S(=O)(=O)N2CCCN(c3ccc(=O)n(-c4ccccc4)n3)CC2)cc1. The maximum absolute atomic E-state index is 13.2. The van der Waals surface area contributed by atoms with E-state index in [1.165, 1.54) is 27.2 Å². The summed E-state index contributed by atoms with van der Waals surface area (Å²) in [5.74, 6) is 0.495. The Hall–Kier alpha value is -3.50. The van der Waals surface area contributed by atoms with Crippen molar-refractivity contribution < 1.29 is 13.2 Å². The lowest BCUT2D eigenvalue weighted by Crippen LogP contribution is -2.36. The van der Waals surface area contributed by atoms with E-state index in [4.69, 9.17) is 0 Å². The minimum Gasteiger partial charge on any atom is -0.354 e. The van der Waals surface area contributed by atoms with E-state index in [2.05, 4.69) is 10.4 Å². The van der Waals surface area contributed by atoms with E-state index < -0.39 is 10.0 Å². The molecule has 0 radical (unpaired) electrons. The summed E-state index contributed by atoms with van der Waals surface area (Å²) in [5, 5.41) is 7.24. The number of carbonyl (C=O) groups is 1. The fraction of sp³-hybridized carbons (Fsp3) is 0.292. The smallest absolute Gasteiger partial charge is 0.271 e. The van der Waals surface area contributed by atoms with Gasteiger partial charge in [-0.05, 0) is 48.9 Å². The number of sulfonamides is 1. The molecule has 0 spiro atoms. The van der Waals surface area contributed by atoms with Crippen LogP contribution in [0.4, 0.5) is 11.5 Å². The van der Waals surface area contributed by atoms with E-state index in [1.807, 2.05) is 35.2 Å². The standard InChI is InChI=1S/C24H27N5O4S/c1-2-23(30)25-19-9-11-21(12-10-19)34(32,33)28-16-6-15-27(17-18-28)22-13-14-24(31)29(26-22)20-7-4-3-5-8-20/h3-5,7-14H,2,6,15-18H2,1H3,(H,25,30). The second-order valence-corrected chi connectivity index (χ2v) is 9.89. The van der Waals surface area contributed by atoms with E-state index in [9.17, 15) is 18.0 Å². The number of anilines is 2. The predicted molar refractivity (Wildman–Crippen MR) is 131 cm³/mol. The fourth-order valence-electron chi connectivity index (χ4n) is 3.80. The van der Waals surface area contributed by atoms with Gasteiger partial charge in [0, 0.05) is 44.4 Å². The number of para-hydroxylation sites is 1. The Bertz CT molecular complexity index is 1310. The third kappa shape index (κ3) is 5.18. The van der Waals surface area contributed by atoms with Crippen LogP contribution in [0, 0.1) is 0 Å². The molecular formula is C24H27N5O4S. The van der Waals surface area contributed by atoms with Gasteiger partial charge in [0.25, 0.3) is 5.56 Å². The third-order valence-electron chi connectivity index (χ3n) is 5.66. The highest BCUT2D eigenvalue weighted by Crippen LogP contribution is 2.21. The van der Waals surface area contributed by atoms with Gasteiger partial charge in [-0.25, -0.2) is 8.42 Å². The average Bonchev–Trinajstić information content (AvgIpc) is 3.12. The molecule has 1 amide bonds. The number of nitrogens with one attached hydrogen (secondary N) is 1. The van der Waals surface area contributed by atoms with E-state index in [0.29, 0.717) is 56.2 Å². The van der Waals surface area contributed by atoms with Gasteiger partial charge in [0.2, 0.25) is 15.9 Å². The van der Waals surface area contributed by atoms with Gasteiger partial charge in [0.15, 0.2) is 0 Å². The van der Waals surface area contributed by atoms with Gasteiger partial charge >= 0.3 is 0 Å². The number of benzene rings is 2. The summed E-state index contributed by atoms with van der Waals surface area (Å²) < 4.78 is 29.3. The zero-order chi connectivity index (χ0) is 24.1. The van der Waals surface area contributed by atoms with Gasteiger partial charge < -0.3 is 10.2 Å². The number of carbonyl (C=O) groups excluding carboxylic acids is 1. The summed E-state index contributed by atoms with van der Waals surface area (Å²) in [6, 6.07) is 18.6. The van der Waals surface area contributed by atoms with Crippen LogP contribution in [0.25, 0.3) is 5.69 Å². The van der Waals surface area contributed by atoms with Crippen molar-refractivity contribution >= 4 is 27.4 Å². The van der Waals surface area contributed by atoms with Gasteiger partial charge in [-0.1, -0.05) is 25.1 Å². The molecule has 1 fully saturated rings. The first kappa shape index (κ1) is 23.7. The normalized spacial score (nSPS) is 15.0.